The molecule has 0 radical (unpaired) electrons. The van der Waals surface area contributed by atoms with Gasteiger partial charge in [-0.25, -0.2) is 0 Å². The van der Waals surface area contributed by atoms with Gasteiger partial charge in [0.1, 0.15) is 0 Å². The van der Waals surface area contributed by atoms with Crippen molar-refractivity contribution in [2.75, 3.05) is 19.7 Å². The molecule has 1 aromatic rings. The molecule has 0 spiro atoms. The molecule has 1 unspecified atom stereocenters. The lowest BCUT2D eigenvalue weighted by Crippen LogP contribution is -2.33. The third-order valence-electron chi connectivity index (χ3n) is 3.28. The molecule has 1 aromatic carbocycles. The molecule has 3 nitrogen and oxygen atoms in total. The molecule has 108 valence electrons. The van der Waals surface area contributed by atoms with Gasteiger partial charge >= 0.3 is 0 Å². The van der Waals surface area contributed by atoms with Crippen molar-refractivity contribution >= 4 is 11.6 Å². The summed E-state index contributed by atoms with van der Waals surface area (Å²) in [5.41, 5.74) is 0.898. The van der Waals surface area contributed by atoms with Gasteiger partial charge in [0.25, 0.3) is 0 Å². The number of hydrogen-bond acceptors (Lipinski definition) is 3. The number of aliphatic hydroxyl groups excluding tert-OH is 2. The Hall–Kier alpha value is -0.610. The fourth-order valence-corrected chi connectivity index (χ4v) is 2.17. The molecule has 0 saturated carbocycles. The number of aliphatic hydroxyl groups is 2. The average molecular weight is 286 g/mol. The first-order chi connectivity index (χ1) is 9.04. The smallest absolute Gasteiger partial charge is 0.0802 e. The van der Waals surface area contributed by atoms with Crippen molar-refractivity contribution in [1.29, 1.82) is 0 Å². The van der Waals surface area contributed by atoms with Crippen molar-refractivity contribution in [3.63, 3.8) is 0 Å². The highest BCUT2D eigenvalue weighted by atomic mass is 35.5. The van der Waals surface area contributed by atoms with Gasteiger partial charge in [0.05, 0.1) is 6.10 Å². The Labute approximate surface area is 120 Å². The molecular weight excluding hydrogens is 262 g/mol. The maximum absolute atomic E-state index is 10.1. The number of rotatable bonds is 8. The number of halogens is 1. The lowest BCUT2D eigenvalue weighted by molar-refractivity contribution is 0.125. The number of benzene rings is 1. The topological polar surface area (TPSA) is 43.7 Å². The normalized spacial score (nSPS) is 13.2. The summed E-state index contributed by atoms with van der Waals surface area (Å²) in [4.78, 5) is 2.27. The summed E-state index contributed by atoms with van der Waals surface area (Å²) in [5, 5.41) is 19.7. The van der Waals surface area contributed by atoms with Gasteiger partial charge in [-0.15, -0.1) is 0 Å². The zero-order valence-corrected chi connectivity index (χ0v) is 12.5. The molecule has 0 aliphatic heterocycles. The lowest BCUT2D eigenvalue weighted by Gasteiger charge is -2.27. The van der Waals surface area contributed by atoms with Crippen LogP contribution in [0.3, 0.4) is 0 Å². The molecule has 0 aliphatic carbocycles. The average Bonchev–Trinajstić information content (AvgIpc) is 2.39. The van der Waals surface area contributed by atoms with Gasteiger partial charge in [-0.3, -0.25) is 0 Å². The van der Waals surface area contributed by atoms with Crippen molar-refractivity contribution in [2.24, 2.45) is 0 Å². The standard InChI is InChI=1S/C15H24ClNO2/c1-12(2)17(9-3-11-18)10-8-15(19)13-4-6-14(16)7-5-13/h4-7,12,15,18-19H,3,8-11H2,1-2H3. The quantitative estimate of drug-likeness (QED) is 0.772. The van der Waals surface area contributed by atoms with Crippen LogP contribution in [0.15, 0.2) is 24.3 Å². The highest BCUT2D eigenvalue weighted by Crippen LogP contribution is 2.19. The van der Waals surface area contributed by atoms with E-state index in [0.29, 0.717) is 17.5 Å². The van der Waals surface area contributed by atoms with E-state index in [1.165, 1.54) is 0 Å². The molecule has 1 atom stereocenters. The lowest BCUT2D eigenvalue weighted by atomic mass is 10.1. The largest absolute Gasteiger partial charge is 0.396 e. The van der Waals surface area contributed by atoms with Gasteiger partial charge in [-0.1, -0.05) is 23.7 Å². The fraction of sp³-hybridized carbons (Fsp3) is 0.600. The summed E-state index contributed by atoms with van der Waals surface area (Å²) in [5.74, 6) is 0. The third-order valence-corrected chi connectivity index (χ3v) is 3.53. The molecule has 2 N–H and O–H groups in total. The maximum Gasteiger partial charge on any atom is 0.0802 e. The van der Waals surface area contributed by atoms with Crippen molar-refractivity contribution in [3.8, 4) is 0 Å². The highest BCUT2D eigenvalue weighted by Gasteiger charge is 2.13. The Morgan fingerprint density at radius 1 is 1.16 bits per heavy atom. The van der Waals surface area contributed by atoms with Crippen molar-refractivity contribution < 1.29 is 10.2 Å². The first-order valence-corrected chi connectivity index (χ1v) is 7.21. The second-order valence-electron chi connectivity index (χ2n) is 5.06. The minimum atomic E-state index is -0.465. The van der Waals surface area contributed by atoms with E-state index in [0.717, 1.165) is 25.1 Å². The summed E-state index contributed by atoms with van der Waals surface area (Å²) < 4.78 is 0. The van der Waals surface area contributed by atoms with Gasteiger partial charge in [0, 0.05) is 30.8 Å². The molecule has 0 fully saturated rings. The zero-order valence-electron chi connectivity index (χ0n) is 11.7. The van der Waals surface area contributed by atoms with E-state index in [4.69, 9.17) is 16.7 Å². The van der Waals surface area contributed by atoms with Crippen LogP contribution in [-0.4, -0.2) is 40.9 Å². The van der Waals surface area contributed by atoms with E-state index in [-0.39, 0.29) is 6.61 Å². The van der Waals surface area contributed by atoms with Crippen molar-refractivity contribution in [2.45, 2.75) is 38.8 Å². The van der Waals surface area contributed by atoms with Crippen LogP contribution >= 0.6 is 11.6 Å². The first-order valence-electron chi connectivity index (χ1n) is 6.83. The second kappa shape index (κ2) is 8.54. The Morgan fingerprint density at radius 2 is 1.79 bits per heavy atom. The van der Waals surface area contributed by atoms with Crippen LogP contribution in [0.1, 0.15) is 38.4 Å². The van der Waals surface area contributed by atoms with E-state index < -0.39 is 6.10 Å². The highest BCUT2D eigenvalue weighted by molar-refractivity contribution is 6.30. The van der Waals surface area contributed by atoms with Crippen LogP contribution in [0.2, 0.25) is 5.02 Å². The Morgan fingerprint density at radius 3 is 2.32 bits per heavy atom. The molecule has 0 bridgehead atoms. The fourth-order valence-electron chi connectivity index (χ4n) is 2.04. The van der Waals surface area contributed by atoms with Crippen LogP contribution in [0.25, 0.3) is 0 Å². The van der Waals surface area contributed by atoms with Crippen LogP contribution in [-0.2, 0) is 0 Å². The molecule has 4 heteroatoms. The minimum Gasteiger partial charge on any atom is -0.396 e. The number of hydrogen-bond donors (Lipinski definition) is 2. The summed E-state index contributed by atoms with van der Waals surface area (Å²) in [6, 6.07) is 7.74. The second-order valence-corrected chi connectivity index (χ2v) is 5.50. The van der Waals surface area contributed by atoms with Gasteiger partial charge in [-0.05, 0) is 44.4 Å². The van der Waals surface area contributed by atoms with Gasteiger partial charge < -0.3 is 15.1 Å². The van der Waals surface area contributed by atoms with Crippen LogP contribution in [0, 0.1) is 0 Å². The van der Waals surface area contributed by atoms with Crippen molar-refractivity contribution in [3.05, 3.63) is 34.9 Å². The molecule has 19 heavy (non-hydrogen) atoms. The van der Waals surface area contributed by atoms with E-state index in [2.05, 4.69) is 18.7 Å². The molecule has 1 rings (SSSR count). The van der Waals surface area contributed by atoms with Crippen LogP contribution < -0.4 is 0 Å². The molecule has 0 aromatic heterocycles. The monoisotopic (exact) mass is 285 g/mol. The van der Waals surface area contributed by atoms with E-state index >= 15 is 0 Å². The zero-order chi connectivity index (χ0) is 14.3. The maximum atomic E-state index is 10.1. The molecule has 0 saturated heterocycles. The summed E-state index contributed by atoms with van der Waals surface area (Å²) in [6.45, 7) is 6.16. The third kappa shape index (κ3) is 5.91. The van der Waals surface area contributed by atoms with Crippen molar-refractivity contribution in [1.82, 2.24) is 4.90 Å². The predicted molar refractivity (Wildman–Crippen MR) is 79.4 cm³/mol. The van der Waals surface area contributed by atoms with E-state index in [9.17, 15) is 5.11 Å². The van der Waals surface area contributed by atoms with Gasteiger partial charge in [0.2, 0.25) is 0 Å². The Bertz CT molecular complexity index is 354. The van der Waals surface area contributed by atoms with Gasteiger partial charge in [-0.2, -0.15) is 0 Å². The first kappa shape index (κ1) is 16.4. The minimum absolute atomic E-state index is 0.211. The summed E-state index contributed by atoms with van der Waals surface area (Å²) in [7, 11) is 0. The SMILES string of the molecule is CC(C)N(CCCO)CCC(O)c1ccc(Cl)cc1. The number of nitrogens with zero attached hydrogens (tertiary/aromatic N) is 1. The Kier molecular flexibility index (Phi) is 7.39. The van der Waals surface area contributed by atoms with E-state index in [1.54, 1.807) is 12.1 Å². The molecule has 0 heterocycles. The molecule has 0 aliphatic rings. The molecular formula is C15H24ClNO2. The van der Waals surface area contributed by atoms with Crippen LogP contribution in [0.5, 0.6) is 0 Å². The van der Waals surface area contributed by atoms with Crippen LogP contribution in [0.4, 0.5) is 0 Å². The predicted octanol–water partition coefficient (Wildman–Crippen LogP) is 2.86. The molecule has 0 amide bonds. The summed E-state index contributed by atoms with van der Waals surface area (Å²) >= 11 is 5.83. The van der Waals surface area contributed by atoms with E-state index in [1.807, 2.05) is 12.1 Å². The Balaban J connectivity index is 2.46. The van der Waals surface area contributed by atoms with Gasteiger partial charge in [0.15, 0.2) is 0 Å². The summed E-state index contributed by atoms with van der Waals surface area (Å²) in [6.07, 6.45) is 0.994.